The molecule has 1 aromatic heterocycles. The molecule has 0 saturated carbocycles. The third-order valence-electron chi connectivity index (χ3n) is 5.06. The minimum Gasteiger partial charge on any atom is -0.319 e. The molecule has 1 fully saturated rings. The van der Waals surface area contributed by atoms with Gasteiger partial charge in [-0.05, 0) is 36.1 Å². The van der Waals surface area contributed by atoms with Gasteiger partial charge >= 0.3 is 6.03 Å². The molecule has 0 unspecified atom stereocenters. The van der Waals surface area contributed by atoms with Gasteiger partial charge in [-0.3, -0.25) is 9.69 Å². The summed E-state index contributed by atoms with van der Waals surface area (Å²) in [5.74, 6) is 0.167. The van der Waals surface area contributed by atoms with Crippen molar-refractivity contribution in [3.05, 3.63) is 64.7 Å². The monoisotopic (exact) mass is 379 g/mol. The Morgan fingerprint density at radius 1 is 1.11 bits per heavy atom. The summed E-state index contributed by atoms with van der Waals surface area (Å²) < 4.78 is 1.05. The number of aromatic nitrogens is 1. The molecule has 0 spiro atoms. The van der Waals surface area contributed by atoms with Gasteiger partial charge in [-0.15, -0.1) is 11.3 Å². The van der Waals surface area contributed by atoms with E-state index in [1.807, 2.05) is 48.5 Å². The lowest BCUT2D eigenvalue weighted by Crippen LogP contribution is -2.40. The molecule has 27 heavy (non-hydrogen) atoms. The van der Waals surface area contributed by atoms with Gasteiger partial charge < -0.3 is 5.32 Å². The Balaban J connectivity index is 1.60. The van der Waals surface area contributed by atoms with Crippen LogP contribution >= 0.6 is 11.3 Å². The quantitative estimate of drug-likeness (QED) is 0.684. The fourth-order valence-electron chi connectivity index (χ4n) is 3.36. The highest BCUT2D eigenvalue weighted by atomic mass is 32.1. The van der Waals surface area contributed by atoms with E-state index in [4.69, 9.17) is 0 Å². The Morgan fingerprint density at radius 3 is 2.48 bits per heavy atom. The van der Waals surface area contributed by atoms with E-state index in [9.17, 15) is 9.59 Å². The predicted molar refractivity (Wildman–Crippen MR) is 107 cm³/mol. The second kappa shape index (κ2) is 6.46. The molecule has 1 N–H and O–H groups in total. The van der Waals surface area contributed by atoms with Crippen molar-refractivity contribution in [1.29, 1.82) is 0 Å². The molecule has 1 atom stereocenters. The van der Waals surface area contributed by atoms with Crippen molar-refractivity contribution in [3.63, 3.8) is 0 Å². The highest BCUT2D eigenvalue weighted by Crippen LogP contribution is 2.32. The van der Waals surface area contributed by atoms with Crippen molar-refractivity contribution in [1.82, 2.24) is 15.2 Å². The predicted octanol–water partition coefficient (Wildman–Crippen LogP) is 4.39. The van der Waals surface area contributed by atoms with Gasteiger partial charge in [0.25, 0.3) is 5.91 Å². The van der Waals surface area contributed by atoms with Gasteiger partial charge in [0.15, 0.2) is 0 Å². The highest BCUT2D eigenvalue weighted by Gasteiger charge is 2.49. The Morgan fingerprint density at radius 2 is 1.81 bits per heavy atom. The molecule has 2 heterocycles. The van der Waals surface area contributed by atoms with Gasteiger partial charge in [0.05, 0.1) is 16.8 Å². The van der Waals surface area contributed by atoms with Crippen LogP contribution in [0.4, 0.5) is 4.79 Å². The molecule has 0 radical (unpaired) electrons. The fourth-order valence-corrected chi connectivity index (χ4v) is 4.32. The molecule has 1 saturated heterocycles. The first-order valence-electron chi connectivity index (χ1n) is 8.97. The summed E-state index contributed by atoms with van der Waals surface area (Å²) in [5, 5.41) is 3.61. The molecular formula is C21H21N3O2S. The van der Waals surface area contributed by atoms with Crippen LogP contribution in [0.15, 0.2) is 48.5 Å². The van der Waals surface area contributed by atoms with Gasteiger partial charge in [-0.2, -0.15) is 0 Å². The summed E-state index contributed by atoms with van der Waals surface area (Å²) in [6.45, 7) is 6.19. The number of amides is 3. The summed E-state index contributed by atoms with van der Waals surface area (Å²) in [7, 11) is 0. The van der Waals surface area contributed by atoms with Crippen LogP contribution in [0.25, 0.3) is 10.2 Å². The largest absolute Gasteiger partial charge is 0.325 e. The van der Waals surface area contributed by atoms with E-state index in [1.54, 1.807) is 6.92 Å². The van der Waals surface area contributed by atoms with Crippen LogP contribution in [0.1, 0.15) is 42.8 Å². The van der Waals surface area contributed by atoms with Crippen LogP contribution < -0.4 is 5.32 Å². The van der Waals surface area contributed by atoms with Gasteiger partial charge in [-0.1, -0.05) is 50.2 Å². The number of urea groups is 1. The van der Waals surface area contributed by atoms with Crippen LogP contribution in [0.5, 0.6) is 0 Å². The average Bonchev–Trinajstić information content (AvgIpc) is 3.16. The topological polar surface area (TPSA) is 62.3 Å². The number of fused-ring (bicyclic) bond motifs is 1. The third kappa shape index (κ3) is 3.00. The molecule has 1 aliphatic rings. The van der Waals surface area contributed by atoms with Crippen molar-refractivity contribution < 1.29 is 9.59 Å². The number of nitrogens with one attached hydrogen (secondary N) is 1. The summed E-state index contributed by atoms with van der Waals surface area (Å²) >= 11 is 1.50. The standard InChI is InChI=1S/C21H21N3O2S/c1-13(2)14-8-10-15(11-9-14)21(3)19(25)24(20(26)23-21)12-18-22-16-6-4-5-7-17(16)27-18/h4-11,13H,12H2,1-3H3,(H,23,26)/t21-/m1/s1. The lowest BCUT2D eigenvalue weighted by Gasteiger charge is -2.22. The normalized spacial score (nSPS) is 19.9. The van der Waals surface area contributed by atoms with Crippen molar-refractivity contribution in [2.45, 2.75) is 38.8 Å². The van der Waals surface area contributed by atoms with E-state index in [-0.39, 0.29) is 18.5 Å². The molecule has 0 bridgehead atoms. The first kappa shape index (κ1) is 17.7. The average molecular weight is 379 g/mol. The number of carbonyl (C=O) groups is 2. The summed E-state index contributed by atoms with van der Waals surface area (Å²) in [5.41, 5.74) is 1.82. The summed E-state index contributed by atoms with van der Waals surface area (Å²) in [6.07, 6.45) is 0. The Bertz CT molecular complexity index is 992. The maximum absolute atomic E-state index is 13.1. The molecule has 1 aliphatic heterocycles. The molecule has 138 valence electrons. The van der Waals surface area contributed by atoms with Crippen molar-refractivity contribution in [2.24, 2.45) is 0 Å². The smallest absolute Gasteiger partial charge is 0.319 e. The number of thiazole rings is 1. The zero-order valence-corrected chi connectivity index (χ0v) is 16.3. The second-order valence-corrected chi connectivity index (χ2v) is 8.41. The Hall–Kier alpha value is -2.73. The molecule has 4 rings (SSSR count). The lowest BCUT2D eigenvalue weighted by molar-refractivity contribution is -0.131. The van der Waals surface area contributed by atoms with Gasteiger partial charge in [0, 0.05) is 0 Å². The number of carbonyl (C=O) groups excluding carboxylic acids is 2. The minimum absolute atomic E-state index is 0.184. The maximum Gasteiger partial charge on any atom is 0.325 e. The molecule has 3 aromatic rings. The number of rotatable bonds is 4. The SMILES string of the molecule is CC(C)c1ccc([C@@]2(C)NC(=O)N(Cc3nc4ccccc4s3)C2=O)cc1. The van der Waals surface area contributed by atoms with Crippen LogP contribution in [0.2, 0.25) is 0 Å². The van der Waals surface area contributed by atoms with E-state index < -0.39 is 5.54 Å². The van der Waals surface area contributed by atoms with Crippen molar-refractivity contribution in [2.75, 3.05) is 0 Å². The molecular weight excluding hydrogens is 358 g/mol. The van der Waals surface area contributed by atoms with E-state index in [2.05, 4.69) is 24.1 Å². The van der Waals surface area contributed by atoms with Gasteiger partial charge in [0.1, 0.15) is 10.5 Å². The minimum atomic E-state index is -1.05. The number of imide groups is 1. The summed E-state index contributed by atoms with van der Waals surface area (Å²) in [6, 6.07) is 15.3. The molecule has 6 heteroatoms. The zero-order chi connectivity index (χ0) is 19.2. The lowest BCUT2D eigenvalue weighted by atomic mass is 9.90. The Labute approximate surface area is 162 Å². The van der Waals surface area contributed by atoms with Crippen LogP contribution in [0.3, 0.4) is 0 Å². The van der Waals surface area contributed by atoms with Crippen LogP contribution in [0, 0.1) is 0 Å². The number of para-hydroxylation sites is 1. The van der Waals surface area contributed by atoms with E-state index in [0.29, 0.717) is 5.92 Å². The first-order valence-corrected chi connectivity index (χ1v) is 9.79. The van der Waals surface area contributed by atoms with Crippen LogP contribution in [-0.2, 0) is 16.9 Å². The summed E-state index contributed by atoms with van der Waals surface area (Å²) in [4.78, 5) is 31.4. The van der Waals surface area contributed by atoms with E-state index >= 15 is 0 Å². The molecule has 0 aliphatic carbocycles. The number of benzene rings is 2. The fraction of sp³-hybridized carbons (Fsp3) is 0.286. The third-order valence-corrected chi connectivity index (χ3v) is 6.08. The maximum atomic E-state index is 13.1. The van der Waals surface area contributed by atoms with Crippen molar-refractivity contribution >= 4 is 33.5 Å². The van der Waals surface area contributed by atoms with Gasteiger partial charge in [-0.25, -0.2) is 9.78 Å². The van der Waals surface area contributed by atoms with Crippen molar-refractivity contribution in [3.8, 4) is 0 Å². The number of hydrogen-bond acceptors (Lipinski definition) is 4. The second-order valence-electron chi connectivity index (χ2n) is 7.30. The molecule has 3 amide bonds. The molecule has 5 nitrogen and oxygen atoms in total. The zero-order valence-electron chi connectivity index (χ0n) is 15.5. The first-order chi connectivity index (χ1) is 12.9. The molecule has 2 aromatic carbocycles. The Kier molecular flexibility index (Phi) is 4.23. The number of nitrogens with zero attached hydrogens (tertiary/aromatic N) is 2. The van der Waals surface area contributed by atoms with Gasteiger partial charge in [0.2, 0.25) is 0 Å². The van der Waals surface area contributed by atoms with E-state index in [0.717, 1.165) is 20.8 Å². The van der Waals surface area contributed by atoms with E-state index in [1.165, 1.54) is 21.8 Å². The number of hydrogen-bond donors (Lipinski definition) is 1. The van der Waals surface area contributed by atoms with Crippen LogP contribution in [-0.4, -0.2) is 21.8 Å². The highest BCUT2D eigenvalue weighted by molar-refractivity contribution is 7.18.